The van der Waals surface area contributed by atoms with E-state index in [2.05, 4.69) is 12.2 Å². The molecule has 0 amide bonds. The standard InChI is InChI=1S/C15H22FN/c1-3-11-8-9-12(10-11)15(17-2)13-6-4-5-7-14(13)16/h4-7,11-12,15,17H,3,8-10H2,1-2H3. The van der Waals surface area contributed by atoms with Gasteiger partial charge in [-0.2, -0.15) is 0 Å². The zero-order valence-corrected chi connectivity index (χ0v) is 10.7. The summed E-state index contributed by atoms with van der Waals surface area (Å²) in [6.45, 7) is 2.25. The van der Waals surface area contributed by atoms with Gasteiger partial charge in [0.2, 0.25) is 0 Å². The SMILES string of the molecule is CCC1CCC(C(NC)c2ccccc2F)C1. The Balaban J connectivity index is 2.15. The molecule has 1 aliphatic carbocycles. The molecule has 1 aromatic carbocycles. The number of hydrogen-bond donors (Lipinski definition) is 1. The van der Waals surface area contributed by atoms with Gasteiger partial charge in [0.05, 0.1) is 0 Å². The van der Waals surface area contributed by atoms with Crippen LogP contribution in [0.3, 0.4) is 0 Å². The Hall–Kier alpha value is -0.890. The van der Waals surface area contributed by atoms with Crippen molar-refractivity contribution in [3.05, 3.63) is 35.6 Å². The van der Waals surface area contributed by atoms with Gasteiger partial charge in [-0.05, 0) is 37.8 Å². The zero-order valence-electron chi connectivity index (χ0n) is 10.7. The minimum absolute atomic E-state index is 0.0770. The van der Waals surface area contributed by atoms with Gasteiger partial charge in [-0.1, -0.05) is 38.0 Å². The molecule has 0 saturated heterocycles. The van der Waals surface area contributed by atoms with Gasteiger partial charge >= 0.3 is 0 Å². The van der Waals surface area contributed by atoms with Gasteiger partial charge in [0.1, 0.15) is 5.82 Å². The molecule has 1 aliphatic rings. The van der Waals surface area contributed by atoms with E-state index in [1.165, 1.54) is 25.7 Å². The van der Waals surface area contributed by atoms with Crippen molar-refractivity contribution in [3.8, 4) is 0 Å². The first-order valence-corrected chi connectivity index (χ1v) is 6.68. The fourth-order valence-corrected chi connectivity index (χ4v) is 3.16. The molecular weight excluding hydrogens is 213 g/mol. The molecule has 0 bridgehead atoms. The lowest BCUT2D eigenvalue weighted by atomic mass is 9.90. The van der Waals surface area contributed by atoms with E-state index in [1.54, 1.807) is 12.1 Å². The topological polar surface area (TPSA) is 12.0 Å². The second-order valence-electron chi connectivity index (χ2n) is 5.14. The van der Waals surface area contributed by atoms with Crippen LogP contribution >= 0.6 is 0 Å². The Morgan fingerprint density at radius 1 is 1.35 bits per heavy atom. The van der Waals surface area contributed by atoms with Crippen molar-refractivity contribution in [2.24, 2.45) is 11.8 Å². The van der Waals surface area contributed by atoms with E-state index in [-0.39, 0.29) is 11.9 Å². The van der Waals surface area contributed by atoms with Crippen molar-refractivity contribution in [2.75, 3.05) is 7.05 Å². The maximum Gasteiger partial charge on any atom is 0.127 e. The van der Waals surface area contributed by atoms with E-state index in [9.17, 15) is 4.39 Å². The van der Waals surface area contributed by atoms with E-state index in [0.717, 1.165) is 11.5 Å². The third-order valence-corrected chi connectivity index (χ3v) is 4.18. The largest absolute Gasteiger partial charge is 0.313 e. The smallest absolute Gasteiger partial charge is 0.127 e. The summed E-state index contributed by atoms with van der Waals surface area (Å²) in [6.07, 6.45) is 5.01. The molecule has 3 unspecified atom stereocenters. The van der Waals surface area contributed by atoms with Crippen LogP contribution in [0, 0.1) is 17.7 Å². The van der Waals surface area contributed by atoms with Gasteiger partial charge in [-0.15, -0.1) is 0 Å². The molecule has 2 rings (SSSR count). The Morgan fingerprint density at radius 3 is 2.71 bits per heavy atom. The minimum Gasteiger partial charge on any atom is -0.313 e. The van der Waals surface area contributed by atoms with Crippen LogP contribution in [0.25, 0.3) is 0 Å². The molecular formula is C15H22FN. The molecule has 1 saturated carbocycles. The van der Waals surface area contributed by atoms with Crippen molar-refractivity contribution in [1.29, 1.82) is 0 Å². The average Bonchev–Trinajstić information content (AvgIpc) is 2.81. The van der Waals surface area contributed by atoms with Crippen LogP contribution < -0.4 is 5.32 Å². The van der Waals surface area contributed by atoms with E-state index >= 15 is 0 Å². The average molecular weight is 235 g/mol. The van der Waals surface area contributed by atoms with Crippen LogP contribution in [-0.2, 0) is 0 Å². The second kappa shape index (κ2) is 5.63. The Kier molecular flexibility index (Phi) is 4.16. The summed E-state index contributed by atoms with van der Waals surface area (Å²) < 4.78 is 13.8. The third kappa shape index (κ3) is 2.68. The van der Waals surface area contributed by atoms with Gasteiger partial charge in [0.15, 0.2) is 0 Å². The van der Waals surface area contributed by atoms with Gasteiger partial charge < -0.3 is 5.32 Å². The number of hydrogen-bond acceptors (Lipinski definition) is 1. The zero-order chi connectivity index (χ0) is 12.3. The lowest BCUT2D eigenvalue weighted by molar-refractivity contribution is 0.362. The minimum atomic E-state index is -0.0770. The summed E-state index contributed by atoms with van der Waals surface area (Å²) >= 11 is 0. The Labute approximate surface area is 103 Å². The summed E-state index contributed by atoms with van der Waals surface area (Å²) in [5.41, 5.74) is 0.830. The molecule has 0 spiro atoms. The summed E-state index contributed by atoms with van der Waals surface area (Å²) in [4.78, 5) is 0. The van der Waals surface area contributed by atoms with Crippen molar-refractivity contribution in [3.63, 3.8) is 0 Å². The maximum absolute atomic E-state index is 13.8. The molecule has 94 valence electrons. The molecule has 0 radical (unpaired) electrons. The number of benzene rings is 1. The predicted molar refractivity (Wildman–Crippen MR) is 69.3 cm³/mol. The first kappa shape index (κ1) is 12.6. The summed E-state index contributed by atoms with van der Waals surface area (Å²) in [6, 6.07) is 7.33. The maximum atomic E-state index is 13.8. The van der Waals surface area contributed by atoms with E-state index in [0.29, 0.717) is 5.92 Å². The third-order valence-electron chi connectivity index (χ3n) is 4.18. The van der Waals surface area contributed by atoms with Gasteiger partial charge in [0, 0.05) is 11.6 Å². The molecule has 1 nitrogen and oxygen atoms in total. The van der Waals surface area contributed by atoms with Crippen molar-refractivity contribution in [1.82, 2.24) is 5.32 Å². The van der Waals surface area contributed by atoms with E-state index in [4.69, 9.17) is 0 Å². The van der Waals surface area contributed by atoms with Crippen LogP contribution in [0.5, 0.6) is 0 Å². The molecule has 0 aromatic heterocycles. The molecule has 1 fully saturated rings. The fourth-order valence-electron chi connectivity index (χ4n) is 3.16. The first-order valence-electron chi connectivity index (χ1n) is 6.68. The van der Waals surface area contributed by atoms with Gasteiger partial charge in [-0.3, -0.25) is 0 Å². The predicted octanol–water partition coefficient (Wildman–Crippen LogP) is 3.91. The first-order chi connectivity index (χ1) is 8.26. The summed E-state index contributed by atoms with van der Waals surface area (Å²) in [5, 5.41) is 3.31. The summed E-state index contributed by atoms with van der Waals surface area (Å²) in [7, 11) is 1.94. The lowest BCUT2D eigenvalue weighted by Gasteiger charge is -2.24. The highest BCUT2D eigenvalue weighted by atomic mass is 19.1. The molecule has 17 heavy (non-hydrogen) atoms. The molecule has 1 N–H and O–H groups in total. The molecule has 0 heterocycles. The van der Waals surface area contributed by atoms with Crippen LogP contribution in [-0.4, -0.2) is 7.05 Å². The van der Waals surface area contributed by atoms with E-state index < -0.39 is 0 Å². The van der Waals surface area contributed by atoms with Crippen LogP contribution in [0.2, 0.25) is 0 Å². The molecule has 0 aliphatic heterocycles. The highest BCUT2D eigenvalue weighted by Crippen LogP contribution is 2.40. The lowest BCUT2D eigenvalue weighted by Crippen LogP contribution is -2.24. The Bertz CT molecular complexity index is 364. The fraction of sp³-hybridized carbons (Fsp3) is 0.600. The van der Waals surface area contributed by atoms with Crippen LogP contribution in [0.1, 0.15) is 44.2 Å². The number of halogens is 1. The summed E-state index contributed by atoms with van der Waals surface area (Å²) in [5.74, 6) is 1.34. The number of nitrogens with one attached hydrogen (secondary N) is 1. The molecule has 2 heteroatoms. The monoisotopic (exact) mass is 235 g/mol. The Morgan fingerprint density at radius 2 is 2.12 bits per heavy atom. The molecule has 1 aromatic rings. The van der Waals surface area contributed by atoms with Crippen LogP contribution in [0.4, 0.5) is 4.39 Å². The normalized spacial score (nSPS) is 26.1. The molecule has 3 atom stereocenters. The van der Waals surface area contributed by atoms with Gasteiger partial charge in [0.25, 0.3) is 0 Å². The van der Waals surface area contributed by atoms with Gasteiger partial charge in [-0.25, -0.2) is 4.39 Å². The van der Waals surface area contributed by atoms with Crippen molar-refractivity contribution < 1.29 is 4.39 Å². The highest BCUT2D eigenvalue weighted by molar-refractivity contribution is 5.22. The van der Waals surface area contributed by atoms with Crippen molar-refractivity contribution >= 4 is 0 Å². The second-order valence-corrected chi connectivity index (χ2v) is 5.14. The highest BCUT2D eigenvalue weighted by Gasteiger charge is 2.31. The van der Waals surface area contributed by atoms with E-state index in [1.807, 2.05) is 19.2 Å². The number of rotatable bonds is 4. The van der Waals surface area contributed by atoms with Crippen LogP contribution in [0.15, 0.2) is 24.3 Å². The van der Waals surface area contributed by atoms with Crippen molar-refractivity contribution in [2.45, 2.75) is 38.6 Å². The quantitative estimate of drug-likeness (QED) is 0.834.